The van der Waals surface area contributed by atoms with Crippen molar-refractivity contribution in [2.75, 3.05) is 13.7 Å². The number of carbonyl (C=O) groups excluding carboxylic acids is 1. The van der Waals surface area contributed by atoms with Gasteiger partial charge >= 0.3 is 0 Å². The summed E-state index contributed by atoms with van der Waals surface area (Å²) in [6.07, 6.45) is 1.48. The Hall–Kier alpha value is -3.27. The van der Waals surface area contributed by atoms with E-state index >= 15 is 0 Å². The van der Waals surface area contributed by atoms with Crippen molar-refractivity contribution in [3.8, 4) is 11.5 Å². The van der Waals surface area contributed by atoms with E-state index in [2.05, 4.69) is 36.4 Å². The topological polar surface area (TPSA) is 38.8 Å². The zero-order valence-electron chi connectivity index (χ0n) is 20.2. The van der Waals surface area contributed by atoms with Crippen molar-refractivity contribution in [2.24, 2.45) is 0 Å². The minimum Gasteiger partial charge on any atom is -0.497 e. The summed E-state index contributed by atoms with van der Waals surface area (Å²) in [5.41, 5.74) is 3.58. The molecule has 3 rings (SSSR count). The van der Waals surface area contributed by atoms with Gasteiger partial charge in [-0.3, -0.25) is 4.79 Å². The number of nitrogens with zero attached hydrogens (tertiary/aromatic N) is 1. The molecule has 0 bridgehead atoms. The average Bonchev–Trinajstić information content (AvgIpc) is 2.84. The summed E-state index contributed by atoms with van der Waals surface area (Å²) in [6.45, 7) is 7.26. The van der Waals surface area contributed by atoms with E-state index in [0.29, 0.717) is 19.5 Å². The Kier molecular flexibility index (Phi) is 8.94. The van der Waals surface area contributed by atoms with Crippen LogP contribution in [0.1, 0.15) is 56.2 Å². The number of ether oxygens (including phenoxy) is 2. The van der Waals surface area contributed by atoms with Crippen molar-refractivity contribution >= 4 is 5.91 Å². The number of methoxy groups -OCH3 is 1. The molecule has 4 nitrogen and oxygen atoms in total. The lowest BCUT2D eigenvalue weighted by Crippen LogP contribution is -2.31. The second kappa shape index (κ2) is 12.1. The fourth-order valence-corrected chi connectivity index (χ4v) is 4.01. The van der Waals surface area contributed by atoms with E-state index < -0.39 is 0 Å². The van der Waals surface area contributed by atoms with Gasteiger partial charge in [-0.25, -0.2) is 0 Å². The summed E-state index contributed by atoms with van der Waals surface area (Å²) >= 11 is 0. The quantitative estimate of drug-likeness (QED) is 0.341. The third-order valence-electron chi connectivity index (χ3n) is 5.73. The van der Waals surface area contributed by atoms with E-state index in [0.717, 1.165) is 23.5 Å². The molecule has 0 aliphatic rings. The van der Waals surface area contributed by atoms with Crippen molar-refractivity contribution in [1.82, 2.24) is 4.90 Å². The van der Waals surface area contributed by atoms with Crippen LogP contribution < -0.4 is 9.47 Å². The van der Waals surface area contributed by atoms with Crippen LogP contribution >= 0.6 is 0 Å². The molecule has 0 aliphatic heterocycles. The summed E-state index contributed by atoms with van der Waals surface area (Å²) in [5, 5.41) is 0. The van der Waals surface area contributed by atoms with E-state index in [4.69, 9.17) is 9.47 Å². The van der Waals surface area contributed by atoms with Gasteiger partial charge in [0.1, 0.15) is 11.5 Å². The van der Waals surface area contributed by atoms with Crippen molar-refractivity contribution < 1.29 is 14.3 Å². The fourth-order valence-electron chi connectivity index (χ4n) is 4.01. The third-order valence-corrected chi connectivity index (χ3v) is 5.73. The van der Waals surface area contributed by atoms with Crippen LogP contribution in [0.4, 0.5) is 0 Å². The highest BCUT2D eigenvalue weighted by Crippen LogP contribution is 2.30. The van der Waals surface area contributed by atoms with Gasteiger partial charge in [0, 0.05) is 25.4 Å². The molecule has 33 heavy (non-hydrogen) atoms. The van der Waals surface area contributed by atoms with E-state index in [1.807, 2.05) is 68.1 Å². The predicted molar refractivity (Wildman–Crippen MR) is 134 cm³/mol. The predicted octanol–water partition coefficient (Wildman–Crippen LogP) is 6.44. The van der Waals surface area contributed by atoms with Crippen molar-refractivity contribution in [1.29, 1.82) is 0 Å². The lowest BCUT2D eigenvalue weighted by molar-refractivity contribution is -0.131. The number of rotatable bonds is 11. The van der Waals surface area contributed by atoms with Gasteiger partial charge in [-0.15, -0.1) is 0 Å². The van der Waals surface area contributed by atoms with E-state index in [9.17, 15) is 4.79 Å². The van der Waals surface area contributed by atoms with Crippen LogP contribution in [0, 0.1) is 0 Å². The van der Waals surface area contributed by atoms with Gasteiger partial charge in [0.05, 0.1) is 13.2 Å². The smallest absolute Gasteiger partial charge is 0.222 e. The third kappa shape index (κ3) is 7.11. The van der Waals surface area contributed by atoms with Gasteiger partial charge in [0.15, 0.2) is 0 Å². The molecule has 0 N–H and O–H groups in total. The molecule has 0 heterocycles. The molecule has 0 aliphatic carbocycles. The maximum Gasteiger partial charge on any atom is 0.222 e. The second-order valence-electron chi connectivity index (χ2n) is 8.50. The van der Waals surface area contributed by atoms with Gasteiger partial charge in [0.2, 0.25) is 5.91 Å². The Labute approximate surface area is 198 Å². The Morgan fingerprint density at radius 2 is 1.45 bits per heavy atom. The molecule has 0 fully saturated rings. The number of amides is 1. The molecule has 0 spiro atoms. The van der Waals surface area contributed by atoms with Crippen LogP contribution in [-0.4, -0.2) is 30.6 Å². The molecule has 0 saturated carbocycles. The molecule has 0 aromatic heterocycles. The lowest BCUT2D eigenvalue weighted by Gasteiger charge is -2.26. The maximum absolute atomic E-state index is 12.8. The Morgan fingerprint density at radius 3 is 2.03 bits per heavy atom. The van der Waals surface area contributed by atoms with Crippen LogP contribution in [0.2, 0.25) is 0 Å². The Bertz CT molecular complexity index is 982. The first kappa shape index (κ1) is 24.4. The first-order valence-electron chi connectivity index (χ1n) is 11.7. The minimum atomic E-state index is 0.146. The summed E-state index contributed by atoms with van der Waals surface area (Å²) in [5.74, 6) is 2.06. The van der Waals surface area contributed by atoms with Crippen molar-refractivity contribution in [3.05, 3.63) is 95.6 Å². The molecule has 4 heteroatoms. The summed E-state index contributed by atoms with van der Waals surface area (Å²) in [4.78, 5) is 14.7. The second-order valence-corrected chi connectivity index (χ2v) is 8.50. The van der Waals surface area contributed by atoms with Gasteiger partial charge in [0.25, 0.3) is 0 Å². The van der Waals surface area contributed by atoms with Gasteiger partial charge in [-0.05, 0) is 61.2 Å². The molecule has 3 aromatic carbocycles. The Morgan fingerprint density at radius 1 is 0.848 bits per heavy atom. The SMILES string of the molecule is CCC(=O)N(CC[C@H](c1ccccc1)c1ccc(OC(C)C)cc1)Cc1ccc(OC)cc1. The molecule has 0 radical (unpaired) electrons. The molecular formula is C29H35NO3. The molecule has 3 aromatic rings. The van der Waals surface area contributed by atoms with E-state index in [1.54, 1.807) is 7.11 Å². The molecule has 0 unspecified atom stereocenters. The highest BCUT2D eigenvalue weighted by molar-refractivity contribution is 5.75. The largest absolute Gasteiger partial charge is 0.497 e. The summed E-state index contributed by atoms with van der Waals surface area (Å²) in [6, 6.07) is 26.8. The van der Waals surface area contributed by atoms with Crippen LogP contribution in [0.3, 0.4) is 0 Å². The van der Waals surface area contributed by atoms with Crippen LogP contribution in [0.15, 0.2) is 78.9 Å². The molecule has 0 saturated heterocycles. The highest BCUT2D eigenvalue weighted by Gasteiger charge is 2.19. The van der Waals surface area contributed by atoms with E-state index in [1.165, 1.54) is 11.1 Å². The van der Waals surface area contributed by atoms with Gasteiger partial charge in [-0.2, -0.15) is 0 Å². The average molecular weight is 446 g/mol. The zero-order chi connectivity index (χ0) is 23.6. The number of carbonyl (C=O) groups is 1. The fraction of sp³-hybridized carbons (Fsp3) is 0.345. The first-order valence-corrected chi connectivity index (χ1v) is 11.7. The standard InChI is InChI=1S/C29H35NO3/c1-5-29(31)30(21-23-11-15-26(32-4)16-12-23)20-19-28(24-9-7-6-8-10-24)25-13-17-27(18-14-25)33-22(2)3/h6-18,22,28H,5,19-21H2,1-4H3/t28-/m1/s1. The van der Waals surface area contributed by atoms with Gasteiger partial charge < -0.3 is 14.4 Å². The molecule has 1 amide bonds. The minimum absolute atomic E-state index is 0.146. The van der Waals surface area contributed by atoms with Gasteiger partial charge in [-0.1, -0.05) is 61.5 Å². The molecular weight excluding hydrogens is 410 g/mol. The summed E-state index contributed by atoms with van der Waals surface area (Å²) in [7, 11) is 1.66. The number of hydrogen-bond donors (Lipinski definition) is 0. The Balaban J connectivity index is 1.79. The first-order chi connectivity index (χ1) is 16.0. The van der Waals surface area contributed by atoms with Crippen LogP contribution in [0.5, 0.6) is 11.5 Å². The van der Waals surface area contributed by atoms with Crippen molar-refractivity contribution in [3.63, 3.8) is 0 Å². The van der Waals surface area contributed by atoms with Crippen LogP contribution in [0.25, 0.3) is 0 Å². The number of hydrogen-bond acceptors (Lipinski definition) is 3. The summed E-state index contributed by atoms with van der Waals surface area (Å²) < 4.78 is 11.1. The molecule has 1 atom stereocenters. The highest BCUT2D eigenvalue weighted by atomic mass is 16.5. The molecule has 174 valence electrons. The normalized spacial score (nSPS) is 11.8. The maximum atomic E-state index is 12.8. The van der Waals surface area contributed by atoms with E-state index in [-0.39, 0.29) is 17.9 Å². The number of benzene rings is 3. The van der Waals surface area contributed by atoms with Crippen LogP contribution in [-0.2, 0) is 11.3 Å². The lowest BCUT2D eigenvalue weighted by atomic mass is 9.88. The zero-order valence-corrected chi connectivity index (χ0v) is 20.2. The monoisotopic (exact) mass is 445 g/mol. The van der Waals surface area contributed by atoms with Crippen molar-refractivity contribution in [2.45, 2.75) is 52.2 Å².